The smallest absolute Gasteiger partial charge is 0.320 e. The van der Waals surface area contributed by atoms with Gasteiger partial charge >= 0.3 is 12.0 Å². The SMILES string of the molecule is CN(C)CC1CCCN1C(=O)N1CCC(CCC(=O)O)C1. The Balaban J connectivity index is 1.84. The van der Waals surface area contributed by atoms with Gasteiger partial charge in [-0.2, -0.15) is 0 Å². The molecule has 0 spiro atoms. The molecule has 2 aliphatic rings. The Morgan fingerprint density at radius 1 is 1.24 bits per heavy atom. The normalized spacial score (nSPS) is 25.9. The Bertz CT molecular complexity index is 386. The highest BCUT2D eigenvalue weighted by Crippen LogP contribution is 2.25. The fourth-order valence-corrected chi connectivity index (χ4v) is 3.45. The Morgan fingerprint density at radius 2 is 2.00 bits per heavy atom. The van der Waals surface area contributed by atoms with E-state index >= 15 is 0 Å². The second-order valence-corrected chi connectivity index (χ2v) is 6.57. The molecule has 0 aromatic heterocycles. The van der Waals surface area contributed by atoms with Crippen LogP contribution < -0.4 is 0 Å². The molecule has 2 rings (SSSR count). The fourth-order valence-electron chi connectivity index (χ4n) is 3.45. The quantitative estimate of drug-likeness (QED) is 0.831. The minimum atomic E-state index is -0.745. The summed E-state index contributed by atoms with van der Waals surface area (Å²) in [4.78, 5) is 29.3. The first-order chi connectivity index (χ1) is 9.97. The topological polar surface area (TPSA) is 64.1 Å². The molecule has 2 atom stereocenters. The van der Waals surface area contributed by atoms with Crippen molar-refractivity contribution in [3.63, 3.8) is 0 Å². The molecule has 2 amide bonds. The minimum Gasteiger partial charge on any atom is -0.481 e. The van der Waals surface area contributed by atoms with Crippen LogP contribution in [0.2, 0.25) is 0 Å². The summed E-state index contributed by atoms with van der Waals surface area (Å²) in [6.07, 6.45) is 3.99. The summed E-state index contributed by atoms with van der Waals surface area (Å²) in [5.74, 6) is -0.398. The van der Waals surface area contributed by atoms with Crippen LogP contribution in [0, 0.1) is 5.92 Å². The second-order valence-electron chi connectivity index (χ2n) is 6.57. The summed E-state index contributed by atoms with van der Waals surface area (Å²) in [6.45, 7) is 3.27. The summed E-state index contributed by atoms with van der Waals surface area (Å²) in [7, 11) is 4.08. The maximum Gasteiger partial charge on any atom is 0.320 e. The van der Waals surface area contributed by atoms with Gasteiger partial charge in [0, 0.05) is 38.6 Å². The molecule has 6 heteroatoms. The van der Waals surface area contributed by atoms with Gasteiger partial charge in [0.05, 0.1) is 0 Å². The summed E-state index contributed by atoms with van der Waals surface area (Å²) < 4.78 is 0. The molecule has 2 fully saturated rings. The number of carboxylic acids is 1. The molecule has 1 N–H and O–H groups in total. The van der Waals surface area contributed by atoms with Gasteiger partial charge in [-0.15, -0.1) is 0 Å². The zero-order valence-electron chi connectivity index (χ0n) is 13.1. The number of likely N-dealkylation sites (tertiary alicyclic amines) is 2. The van der Waals surface area contributed by atoms with Crippen molar-refractivity contribution in [2.75, 3.05) is 40.3 Å². The number of likely N-dealkylation sites (N-methyl/N-ethyl adjacent to an activating group) is 1. The van der Waals surface area contributed by atoms with E-state index in [1.807, 2.05) is 23.9 Å². The van der Waals surface area contributed by atoms with Crippen LogP contribution in [0.5, 0.6) is 0 Å². The number of carbonyl (C=O) groups is 2. The van der Waals surface area contributed by atoms with Crippen molar-refractivity contribution in [3.8, 4) is 0 Å². The van der Waals surface area contributed by atoms with Crippen LogP contribution in [-0.4, -0.2) is 78.1 Å². The fraction of sp³-hybridized carbons (Fsp3) is 0.867. The lowest BCUT2D eigenvalue weighted by Crippen LogP contribution is -2.47. The number of rotatable bonds is 5. The second kappa shape index (κ2) is 7.11. The Hall–Kier alpha value is -1.30. The lowest BCUT2D eigenvalue weighted by molar-refractivity contribution is -0.137. The Morgan fingerprint density at radius 3 is 2.67 bits per heavy atom. The highest BCUT2D eigenvalue weighted by Gasteiger charge is 2.35. The molecule has 120 valence electrons. The summed E-state index contributed by atoms with van der Waals surface area (Å²) in [5, 5.41) is 8.75. The molecule has 2 unspecified atom stereocenters. The zero-order chi connectivity index (χ0) is 15.4. The van der Waals surface area contributed by atoms with Crippen molar-refractivity contribution in [3.05, 3.63) is 0 Å². The van der Waals surface area contributed by atoms with Crippen LogP contribution in [-0.2, 0) is 4.79 Å². The van der Waals surface area contributed by atoms with Crippen molar-refractivity contribution in [2.45, 2.75) is 38.1 Å². The number of carboxylic acid groups (broad SMARTS) is 1. The van der Waals surface area contributed by atoms with Gasteiger partial charge in [0.1, 0.15) is 0 Å². The van der Waals surface area contributed by atoms with Gasteiger partial charge in [-0.25, -0.2) is 4.79 Å². The van der Waals surface area contributed by atoms with Gasteiger partial charge in [0.25, 0.3) is 0 Å². The molecule has 0 aliphatic carbocycles. The summed E-state index contributed by atoms with van der Waals surface area (Å²) in [5.41, 5.74) is 0. The number of aliphatic carboxylic acids is 1. The lowest BCUT2D eigenvalue weighted by atomic mass is 10.0. The minimum absolute atomic E-state index is 0.150. The van der Waals surface area contributed by atoms with Gasteiger partial charge in [0.2, 0.25) is 0 Å². The Kier molecular flexibility index (Phi) is 5.45. The average molecular weight is 297 g/mol. The summed E-state index contributed by atoms with van der Waals surface area (Å²) in [6, 6.07) is 0.475. The number of carbonyl (C=O) groups excluding carboxylic acids is 1. The number of amides is 2. The van der Waals surface area contributed by atoms with E-state index in [9.17, 15) is 9.59 Å². The molecule has 2 saturated heterocycles. The molecule has 0 aromatic carbocycles. The third-order valence-electron chi connectivity index (χ3n) is 4.52. The van der Waals surface area contributed by atoms with Crippen molar-refractivity contribution in [2.24, 2.45) is 5.92 Å². The van der Waals surface area contributed by atoms with E-state index in [0.29, 0.717) is 18.4 Å². The number of hydrogen-bond acceptors (Lipinski definition) is 3. The zero-order valence-corrected chi connectivity index (χ0v) is 13.1. The standard InChI is InChI=1S/C15H27N3O3/c1-16(2)11-13-4-3-8-18(13)15(21)17-9-7-12(10-17)5-6-14(19)20/h12-13H,3-11H2,1-2H3,(H,19,20). The number of hydrogen-bond donors (Lipinski definition) is 1. The van der Waals surface area contributed by atoms with Gasteiger partial charge in [-0.3, -0.25) is 4.79 Å². The maximum atomic E-state index is 12.6. The van der Waals surface area contributed by atoms with Crippen LogP contribution in [0.25, 0.3) is 0 Å². The van der Waals surface area contributed by atoms with Crippen LogP contribution >= 0.6 is 0 Å². The molecule has 2 aliphatic heterocycles. The average Bonchev–Trinajstić information content (AvgIpc) is 3.03. The van der Waals surface area contributed by atoms with E-state index in [1.54, 1.807) is 0 Å². The number of nitrogens with zero attached hydrogens (tertiary/aromatic N) is 3. The van der Waals surface area contributed by atoms with Gasteiger partial charge < -0.3 is 19.8 Å². The van der Waals surface area contributed by atoms with Crippen molar-refractivity contribution >= 4 is 12.0 Å². The summed E-state index contributed by atoms with van der Waals surface area (Å²) >= 11 is 0. The van der Waals surface area contributed by atoms with Crippen LogP contribution in [0.4, 0.5) is 4.79 Å². The Labute approximate surface area is 126 Å². The van der Waals surface area contributed by atoms with E-state index in [-0.39, 0.29) is 12.5 Å². The van der Waals surface area contributed by atoms with Crippen molar-refractivity contribution < 1.29 is 14.7 Å². The molecule has 21 heavy (non-hydrogen) atoms. The molecule has 0 radical (unpaired) electrons. The van der Waals surface area contributed by atoms with E-state index in [0.717, 1.165) is 45.4 Å². The molecular formula is C15H27N3O3. The first-order valence-corrected chi connectivity index (χ1v) is 7.89. The van der Waals surface area contributed by atoms with Crippen LogP contribution in [0.3, 0.4) is 0 Å². The predicted molar refractivity (Wildman–Crippen MR) is 80.2 cm³/mol. The molecule has 0 bridgehead atoms. The van der Waals surface area contributed by atoms with E-state index in [1.165, 1.54) is 0 Å². The van der Waals surface area contributed by atoms with Crippen LogP contribution in [0.1, 0.15) is 32.1 Å². The van der Waals surface area contributed by atoms with Gasteiger partial charge in [0.15, 0.2) is 0 Å². The van der Waals surface area contributed by atoms with Gasteiger partial charge in [-0.1, -0.05) is 0 Å². The molecule has 0 saturated carbocycles. The largest absolute Gasteiger partial charge is 0.481 e. The monoisotopic (exact) mass is 297 g/mol. The van der Waals surface area contributed by atoms with Crippen LogP contribution in [0.15, 0.2) is 0 Å². The molecular weight excluding hydrogens is 270 g/mol. The maximum absolute atomic E-state index is 12.6. The highest BCUT2D eigenvalue weighted by atomic mass is 16.4. The molecule has 0 aromatic rings. The third-order valence-corrected chi connectivity index (χ3v) is 4.52. The van der Waals surface area contributed by atoms with Crippen molar-refractivity contribution in [1.29, 1.82) is 0 Å². The highest BCUT2D eigenvalue weighted by molar-refractivity contribution is 5.75. The molecule has 6 nitrogen and oxygen atoms in total. The van der Waals surface area contributed by atoms with E-state index < -0.39 is 5.97 Å². The molecule has 2 heterocycles. The van der Waals surface area contributed by atoms with E-state index in [4.69, 9.17) is 5.11 Å². The lowest BCUT2D eigenvalue weighted by Gasteiger charge is -2.31. The first-order valence-electron chi connectivity index (χ1n) is 7.89. The van der Waals surface area contributed by atoms with Gasteiger partial charge in [-0.05, 0) is 45.7 Å². The number of urea groups is 1. The van der Waals surface area contributed by atoms with Crippen molar-refractivity contribution in [1.82, 2.24) is 14.7 Å². The van der Waals surface area contributed by atoms with E-state index in [2.05, 4.69) is 4.90 Å². The first kappa shape index (κ1) is 16.1. The third kappa shape index (κ3) is 4.33. The predicted octanol–water partition coefficient (Wildman–Crippen LogP) is 1.32.